The number of thioether (sulfide) groups is 1. The van der Waals surface area contributed by atoms with Crippen molar-refractivity contribution in [2.45, 2.75) is 4.90 Å². The summed E-state index contributed by atoms with van der Waals surface area (Å²) in [5.74, 6) is -1.11. The first kappa shape index (κ1) is 20.4. The molecule has 0 radical (unpaired) electrons. The van der Waals surface area contributed by atoms with E-state index in [4.69, 9.17) is 9.78 Å². The number of hydrogen-bond donors (Lipinski definition) is 1. The molecule has 0 unspecified atom stereocenters. The maximum Gasteiger partial charge on any atom is 0.261 e. The third-order valence-corrected chi connectivity index (χ3v) is 5.51. The first-order chi connectivity index (χ1) is 15.1. The van der Waals surface area contributed by atoms with Crippen molar-refractivity contribution >= 4 is 23.4 Å². The molecule has 0 atom stereocenters. The molecule has 4 aromatic rings. The number of rotatable bonds is 5. The van der Waals surface area contributed by atoms with Crippen LogP contribution in [0.15, 0.2) is 82.4 Å². The largest absolute Gasteiger partial charge is 0.363 e. The Bertz CT molecular complexity index is 1310. The Morgan fingerprint density at radius 1 is 1.10 bits per heavy atom. The van der Waals surface area contributed by atoms with E-state index in [0.29, 0.717) is 11.1 Å². The van der Waals surface area contributed by atoms with Crippen molar-refractivity contribution in [3.63, 3.8) is 0 Å². The van der Waals surface area contributed by atoms with Crippen LogP contribution < -0.4 is 5.32 Å². The molecular weight excluding hydrogens is 413 g/mol. The summed E-state index contributed by atoms with van der Waals surface area (Å²) < 4.78 is 19.8. The standard InChI is InChI=1S/C24H16FN3O2S/c1-31-22-8-3-2-7-18(22)16-9-10-21(20(25)12-16)27-24(29)19-14-30-28-23(19)17-6-4-5-15(11-17)13-26/h2-12,14H,1H3,(H,27,29). The SMILES string of the molecule is CSc1ccccc1-c1ccc(NC(=O)c2conc2-c2cccc(C#N)c2)c(F)c1. The van der Waals surface area contributed by atoms with Gasteiger partial charge < -0.3 is 9.84 Å². The van der Waals surface area contributed by atoms with Crippen LogP contribution in [0, 0.1) is 17.1 Å². The normalized spacial score (nSPS) is 10.5. The molecule has 0 bridgehead atoms. The van der Waals surface area contributed by atoms with Crippen LogP contribution in [0.2, 0.25) is 0 Å². The smallest absolute Gasteiger partial charge is 0.261 e. The molecule has 31 heavy (non-hydrogen) atoms. The van der Waals surface area contributed by atoms with Crippen LogP contribution in [0.1, 0.15) is 15.9 Å². The Balaban J connectivity index is 1.60. The highest BCUT2D eigenvalue weighted by Crippen LogP contribution is 2.32. The van der Waals surface area contributed by atoms with E-state index >= 15 is 0 Å². The van der Waals surface area contributed by atoms with E-state index in [0.717, 1.165) is 16.0 Å². The number of amides is 1. The molecule has 0 aliphatic rings. The molecule has 1 N–H and O–H groups in total. The first-order valence-corrected chi connectivity index (χ1v) is 10.5. The molecule has 7 heteroatoms. The maximum absolute atomic E-state index is 14.8. The number of halogens is 1. The molecule has 0 saturated heterocycles. The van der Waals surface area contributed by atoms with Gasteiger partial charge in [0.05, 0.1) is 17.3 Å². The van der Waals surface area contributed by atoms with Crippen LogP contribution in [0.25, 0.3) is 22.4 Å². The van der Waals surface area contributed by atoms with Crippen molar-refractivity contribution in [1.29, 1.82) is 5.26 Å². The Hall–Kier alpha value is -3.89. The van der Waals surface area contributed by atoms with Gasteiger partial charge in [-0.3, -0.25) is 4.79 Å². The van der Waals surface area contributed by atoms with Crippen LogP contribution in [-0.2, 0) is 0 Å². The molecule has 4 rings (SSSR count). The number of nitriles is 1. The van der Waals surface area contributed by atoms with E-state index in [2.05, 4.69) is 10.5 Å². The second-order valence-electron chi connectivity index (χ2n) is 6.62. The summed E-state index contributed by atoms with van der Waals surface area (Å²) in [7, 11) is 0. The van der Waals surface area contributed by atoms with Crippen LogP contribution >= 0.6 is 11.8 Å². The van der Waals surface area contributed by atoms with Crippen molar-refractivity contribution in [3.05, 3.63) is 89.9 Å². The van der Waals surface area contributed by atoms with Crippen LogP contribution in [0.3, 0.4) is 0 Å². The quantitative estimate of drug-likeness (QED) is 0.394. The van der Waals surface area contributed by atoms with E-state index in [1.165, 1.54) is 18.4 Å². The molecule has 0 fully saturated rings. The Morgan fingerprint density at radius 3 is 2.71 bits per heavy atom. The van der Waals surface area contributed by atoms with Gasteiger partial charge in [-0.15, -0.1) is 11.8 Å². The number of anilines is 1. The molecule has 1 amide bonds. The minimum atomic E-state index is -0.560. The van der Waals surface area contributed by atoms with Gasteiger partial charge in [-0.1, -0.05) is 41.6 Å². The highest BCUT2D eigenvalue weighted by molar-refractivity contribution is 7.98. The minimum Gasteiger partial charge on any atom is -0.363 e. The summed E-state index contributed by atoms with van der Waals surface area (Å²) in [5, 5.41) is 15.5. The fraction of sp³-hybridized carbons (Fsp3) is 0.0417. The van der Waals surface area contributed by atoms with Gasteiger partial charge in [0.15, 0.2) is 0 Å². The summed E-state index contributed by atoms with van der Waals surface area (Å²) in [6, 6.07) is 21.1. The predicted molar refractivity (Wildman–Crippen MR) is 118 cm³/mol. The number of carbonyl (C=O) groups excluding carboxylic acids is 1. The molecule has 1 aromatic heterocycles. The third-order valence-electron chi connectivity index (χ3n) is 4.71. The van der Waals surface area contributed by atoms with Gasteiger partial charge in [0.1, 0.15) is 23.3 Å². The molecule has 1 heterocycles. The van der Waals surface area contributed by atoms with Gasteiger partial charge in [0, 0.05) is 10.5 Å². The molecule has 152 valence electrons. The van der Waals surface area contributed by atoms with E-state index < -0.39 is 11.7 Å². The summed E-state index contributed by atoms with van der Waals surface area (Å²) >= 11 is 1.58. The van der Waals surface area contributed by atoms with Crippen molar-refractivity contribution in [3.8, 4) is 28.5 Å². The maximum atomic E-state index is 14.8. The average Bonchev–Trinajstić information content (AvgIpc) is 3.30. The van der Waals surface area contributed by atoms with Crippen molar-refractivity contribution in [2.24, 2.45) is 0 Å². The number of hydrogen-bond acceptors (Lipinski definition) is 5. The molecule has 0 aliphatic heterocycles. The zero-order chi connectivity index (χ0) is 21.8. The number of carbonyl (C=O) groups is 1. The number of aromatic nitrogens is 1. The second-order valence-corrected chi connectivity index (χ2v) is 7.47. The molecule has 0 saturated carbocycles. The number of nitrogens with one attached hydrogen (secondary N) is 1. The Morgan fingerprint density at radius 2 is 1.94 bits per heavy atom. The van der Waals surface area contributed by atoms with Gasteiger partial charge in [0.25, 0.3) is 5.91 Å². The fourth-order valence-electron chi connectivity index (χ4n) is 3.20. The van der Waals surface area contributed by atoms with Crippen molar-refractivity contribution in [2.75, 3.05) is 11.6 Å². The summed E-state index contributed by atoms with van der Waals surface area (Å²) in [4.78, 5) is 13.8. The highest BCUT2D eigenvalue weighted by atomic mass is 32.2. The van der Waals surface area contributed by atoms with E-state index in [1.807, 2.05) is 36.6 Å². The summed E-state index contributed by atoms with van der Waals surface area (Å²) in [5.41, 5.74) is 3.10. The van der Waals surface area contributed by atoms with Gasteiger partial charge >= 0.3 is 0 Å². The molecular formula is C24H16FN3O2S. The number of nitrogens with zero attached hydrogens (tertiary/aromatic N) is 2. The summed E-state index contributed by atoms with van der Waals surface area (Å²) in [6.07, 6.45) is 3.16. The highest BCUT2D eigenvalue weighted by Gasteiger charge is 2.19. The average molecular weight is 429 g/mol. The summed E-state index contributed by atoms with van der Waals surface area (Å²) in [6.45, 7) is 0. The van der Waals surface area contributed by atoms with Gasteiger partial charge in [-0.05, 0) is 47.7 Å². The Labute approximate surface area is 182 Å². The van der Waals surface area contributed by atoms with Crippen molar-refractivity contribution < 1.29 is 13.7 Å². The van der Waals surface area contributed by atoms with Crippen molar-refractivity contribution in [1.82, 2.24) is 5.16 Å². The fourth-order valence-corrected chi connectivity index (χ4v) is 3.82. The monoisotopic (exact) mass is 429 g/mol. The second kappa shape index (κ2) is 8.86. The lowest BCUT2D eigenvalue weighted by molar-refractivity contribution is 0.102. The predicted octanol–water partition coefficient (Wildman–Crippen LogP) is 5.99. The van der Waals surface area contributed by atoms with Gasteiger partial charge in [0.2, 0.25) is 0 Å². The third kappa shape index (κ3) is 4.20. The van der Waals surface area contributed by atoms with Crippen LogP contribution in [0.5, 0.6) is 0 Å². The first-order valence-electron chi connectivity index (χ1n) is 9.30. The molecule has 0 aliphatic carbocycles. The topological polar surface area (TPSA) is 78.9 Å². The molecule has 0 spiro atoms. The molecule has 5 nitrogen and oxygen atoms in total. The van der Waals surface area contributed by atoms with Crippen LogP contribution in [-0.4, -0.2) is 17.3 Å². The van der Waals surface area contributed by atoms with Gasteiger partial charge in [-0.2, -0.15) is 5.26 Å². The number of benzene rings is 3. The Kier molecular flexibility index (Phi) is 5.83. The lowest BCUT2D eigenvalue weighted by Gasteiger charge is -2.10. The van der Waals surface area contributed by atoms with E-state index in [1.54, 1.807) is 42.1 Å². The zero-order valence-electron chi connectivity index (χ0n) is 16.4. The zero-order valence-corrected chi connectivity index (χ0v) is 17.2. The lowest BCUT2D eigenvalue weighted by atomic mass is 10.0. The lowest BCUT2D eigenvalue weighted by Crippen LogP contribution is -2.13. The van der Waals surface area contributed by atoms with E-state index in [9.17, 15) is 9.18 Å². The minimum absolute atomic E-state index is 0.0494. The molecule has 3 aromatic carbocycles. The van der Waals surface area contributed by atoms with E-state index in [-0.39, 0.29) is 16.9 Å². The van der Waals surface area contributed by atoms with Crippen LogP contribution in [0.4, 0.5) is 10.1 Å². The van der Waals surface area contributed by atoms with Gasteiger partial charge in [-0.25, -0.2) is 4.39 Å².